The average molecular weight is 446 g/mol. The zero-order chi connectivity index (χ0) is 23.3. The summed E-state index contributed by atoms with van der Waals surface area (Å²) in [5.41, 5.74) is 0.901. The first-order chi connectivity index (χ1) is 15.3. The smallest absolute Gasteiger partial charge is 0.161 e. The van der Waals surface area contributed by atoms with Crippen LogP contribution in [-0.4, -0.2) is 37.6 Å². The summed E-state index contributed by atoms with van der Waals surface area (Å²) in [6.45, 7) is 11.4. The van der Waals surface area contributed by atoms with E-state index in [0.29, 0.717) is 54.8 Å². The van der Waals surface area contributed by atoms with E-state index in [1.54, 1.807) is 7.11 Å². The summed E-state index contributed by atoms with van der Waals surface area (Å²) < 4.78 is 17.5. The van der Waals surface area contributed by atoms with E-state index >= 15 is 0 Å². The highest BCUT2D eigenvalue weighted by Gasteiger charge is 2.41. The fourth-order valence-electron chi connectivity index (χ4n) is 5.81. The molecule has 0 bridgehead atoms. The molecular formula is C27H41O5-. The minimum atomic E-state index is -0.655. The van der Waals surface area contributed by atoms with Gasteiger partial charge in [-0.05, 0) is 74.0 Å². The Morgan fingerprint density at radius 1 is 1.19 bits per heavy atom. The topological polar surface area (TPSA) is 71.0 Å². The van der Waals surface area contributed by atoms with Crippen LogP contribution in [0.15, 0.2) is 30.5 Å². The number of aliphatic hydroxyl groups is 1. The summed E-state index contributed by atoms with van der Waals surface area (Å²) in [6.07, 6.45) is 5.23. The molecule has 180 valence electrons. The van der Waals surface area contributed by atoms with Gasteiger partial charge in [-0.1, -0.05) is 38.8 Å². The monoisotopic (exact) mass is 445 g/mol. The van der Waals surface area contributed by atoms with Crippen molar-refractivity contribution in [3.8, 4) is 11.5 Å². The van der Waals surface area contributed by atoms with Gasteiger partial charge in [0.05, 0.1) is 32.2 Å². The molecule has 1 N–H and O–H groups in total. The molecule has 1 aromatic carbocycles. The van der Waals surface area contributed by atoms with Crippen LogP contribution in [0.5, 0.6) is 11.5 Å². The Morgan fingerprint density at radius 3 is 2.69 bits per heavy atom. The normalized spacial score (nSPS) is 30.0. The Bertz CT molecular complexity index is 748. The maximum atomic E-state index is 13.2. The second-order valence-electron chi connectivity index (χ2n) is 10.0. The summed E-state index contributed by atoms with van der Waals surface area (Å²) in [5, 5.41) is 22.6. The summed E-state index contributed by atoms with van der Waals surface area (Å²) in [5.74, 6) is 3.79. The standard InChI is InChI=1S/C27H41O5/c1-17-6-9-23(24-16-32-19(3)7-10-22(17)24)20(4)25(29)12-13-31-26-11-8-21(14-18(2)28)15-27(26)30-5/h8,11,15,17,19-20,22-25,28H,2,6-7,9-10,12-14,16H2,1,3-5H3/q-1/t17-,19?,20-,22+,23+,24?,25-/m1/s1. The lowest BCUT2D eigenvalue weighted by Gasteiger charge is -2.47. The van der Waals surface area contributed by atoms with E-state index in [9.17, 15) is 10.2 Å². The van der Waals surface area contributed by atoms with Gasteiger partial charge in [0.15, 0.2) is 11.5 Å². The molecule has 1 aromatic rings. The van der Waals surface area contributed by atoms with Crippen molar-refractivity contribution in [3.05, 3.63) is 36.1 Å². The summed E-state index contributed by atoms with van der Waals surface area (Å²) in [7, 11) is 1.59. The summed E-state index contributed by atoms with van der Waals surface area (Å²) >= 11 is 0. The van der Waals surface area contributed by atoms with E-state index in [0.717, 1.165) is 30.9 Å². The third-order valence-electron chi connectivity index (χ3n) is 7.82. The van der Waals surface area contributed by atoms with Crippen molar-refractivity contribution in [2.45, 2.75) is 71.5 Å². The maximum absolute atomic E-state index is 13.2. The van der Waals surface area contributed by atoms with Gasteiger partial charge in [-0.25, -0.2) is 0 Å². The largest absolute Gasteiger partial charge is 0.852 e. The molecule has 1 saturated carbocycles. The van der Waals surface area contributed by atoms with Gasteiger partial charge in [0.1, 0.15) is 0 Å². The first kappa shape index (κ1) is 24.9. The molecule has 0 amide bonds. The van der Waals surface area contributed by atoms with Crippen LogP contribution in [-0.2, 0) is 11.2 Å². The first-order valence-corrected chi connectivity index (χ1v) is 12.2. The fourth-order valence-corrected chi connectivity index (χ4v) is 5.81. The molecule has 1 aliphatic carbocycles. The molecule has 1 aliphatic heterocycles. The number of ether oxygens (including phenoxy) is 3. The summed E-state index contributed by atoms with van der Waals surface area (Å²) in [6, 6.07) is 5.55. The van der Waals surface area contributed by atoms with Crippen molar-refractivity contribution >= 4 is 0 Å². The average Bonchev–Trinajstić information content (AvgIpc) is 2.96. The molecule has 1 heterocycles. The Balaban J connectivity index is 1.56. The number of rotatable bonds is 9. The minimum absolute atomic E-state index is 0.107. The van der Waals surface area contributed by atoms with Crippen LogP contribution >= 0.6 is 0 Å². The van der Waals surface area contributed by atoms with E-state index in [-0.39, 0.29) is 11.7 Å². The minimum Gasteiger partial charge on any atom is -0.852 e. The molecule has 0 radical (unpaired) electrons. The molecule has 7 atom stereocenters. The third-order valence-corrected chi connectivity index (χ3v) is 7.82. The molecule has 0 aromatic heterocycles. The molecule has 2 fully saturated rings. The van der Waals surface area contributed by atoms with E-state index in [1.807, 2.05) is 18.2 Å². The van der Waals surface area contributed by atoms with Gasteiger partial charge in [-0.15, -0.1) is 6.10 Å². The highest BCUT2D eigenvalue weighted by atomic mass is 16.5. The maximum Gasteiger partial charge on any atom is 0.161 e. The van der Waals surface area contributed by atoms with Crippen molar-refractivity contribution in [1.82, 2.24) is 0 Å². The number of hydrogen-bond donors (Lipinski definition) is 1. The quantitative estimate of drug-likeness (QED) is 0.546. The molecule has 2 aliphatic rings. The van der Waals surface area contributed by atoms with E-state index in [2.05, 4.69) is 27.4 Å². The molecule has 32 heavy (non-hydrogen) atoms. The van der Waals surface area contributed by atoms with Crippen LogP contribution in [0.4, 0.5) is 0 Å². The lowest BCUT2D eigenvalue weighted by Crippen LogP contribution is -2.45. The number of hydrogen-bond acceptors (Lipinski definition) is 5. The Morgan fingerprint density at radius 2 is 1.97 bits per heavy atom. The van der Waals surface area contributed by atoms with Crippen molar-refractivity contribution in [3.63, 3.8) is 0 Å². The van der Waals surface area contributed by atoms with Gasteiger partial charge >= 0.3 is 0 Å². The Kier molecular flexibility index (Phi) is 8.89. The van der Waals surface area contributed by atoms with Gasteiger partial charge in [0, 0.05) is 6.42 Å². The zero-order valence-corrected chi connectivity index (χ0v) is 20.2. The van der Waals surface area contributed by atoms with E-state index < -0.39 is 6.10 Å². The van der Waals surface area contributed by atoms with Crippen LogP contribution in [0.25, 0.3) is 0 Å². The third kappa shape index (κ3) is 6.20. The molecular weight excluding hydrogens is 404 g/mol. The molecule has 5 heteroatoms. The number of fused-ring (bicyclic) bond motifs is 1. The van der Waals surface area contributed by atoms with Gasteiger partial charge in [-0.2, -0.15) is 0 Å². The first-order valence-electron chi connectivity index (χ1n) is 12.2. The molecule has 0 spiro atoms. The van der Waals surface area contributed by atoms with Crippen LogP contribution in [0.1, 0.15) is 58.4 Å². The van der Waals surface area contributed by atoms with Gasteiger partial charge in [0.2, 0.25) is 0 Å². The van der Waals surface area contributed by atoms with Crippen LogP contribution < -0.4 is 14.6 Å². The van der Waals surface area contributed by atoms with Crippen LogP contribution in [0, 0.1) is 29.6 Å². The van der Waals surface area contributed by atoms with Gasteiger partial charge in [0.25, 0.3) is 0 Å². The number of aliphatic hydroxyl groups excluding tert-OH is 1. The number of allylic oxidation sites excluding steroid dienone is 1. The molecule has 2 unspecified atom stereocenters. The van der Waals surface area contributed by atoms with E-state index in [4.69, 9.17) is 14.2 Å². The molecule has 5 nitrogen and oxygen atoms in total. The van der Waals surface area contributed by atoms with Crippen LogP contribution in [0.3, 0.4) is 0 Å². The van der Waals surface area contributed by atoms with E-state index in [1.165, 1.54) is 12.8 Å². The lowest BCUT2D eigenvalue weighted by molar-refractivity contribution is -0.438. The van der Waals surface area contributed by atoms with Crippen molar-refractivity contribution < 1.29 is 24.4 Å². The van der Waals surface area contributed by atoms with Crippen LogP contribution in [0.2, 0.25) is 0 Å². The predicted octanol–water partition coefficient (Wildman–Crippen LogP) is 4.92. The molecule has 1 saturated heterocycles. The van der Waals surface area contributed by atoms with Gasteiger partial charge < -0.3 is 24.4 Å². The highest BCUT2D eigenvalue weighted by Crippen LogP contribution is 2.46. The number of methoxy groups -OCH3 is 1. The Hall–Kier alpha value is -1.72. The predicted molar refractivity (Wildman–Crippen MR) is 125 cm³/mol. The second kappa shape index (κ2) is 11.4. The van der Waals surface area contributed by atoms with Crippen molar-refractivity contribution in [2.75, 3.05) is 20.3 Å². The highest BCUT2D eigenvalue weighted by molar-refractivity contribution is 5.43. The van der Waals surface area contributed by atoms with Gasteiger partial charge in [-0.3, -0.25) is 0 Å². The Labute approximate surface area is 193 Å². The summed E-state index contributed by atoms with van der Waals surface area (Å²) in [4.78, 5) is 0. The lowest BCUT2D eigenvalue weighted by atomic mass is 9.62. The zero-order valence-electron chi connectivity index (χ0n) is 20.2. The second-order valence-corrected chi connectivity index (χ2v) is 10.0. The SMILES string of the molecule is C=C(O)Cc1ccc(OCC[C@@H]([O-])[C@H](C)[C@@H]2CC[C@@H](C)[C@@H]3CCC(C)OCC23)c(OC)c1. The van der Waals surface area contributed by atoms with Crippen molar-refractivity contribution in [2.24, 2.45) is 29.6 Å². The van der Waals surface area contributed by atoms with Crippen molar-refractivity contribution in [1.29, 1.82) is 0 Å². The molecule has 3 rings (SSSR count). The fraction of sp³-hybridized carbons (Fsp3) is 0.704. The number of benzene rings is 1.